The summed E-state index contributed by atoms with van der Waals surface area (Å²) in [6.07, 6.45) is -1.77. The molecule has 2 N–H and O–H groups in total. The van der Waals surface area contributed by atoms with E-state index in [2.05, 4.69) is 20.6 Å². The van der Waals surface area contributed by atoms with E-state index in [-0.39, 0.29) is 35.3 Å². The van der Waals surface area contributed by atoms with Crippen molar-refractivity contribution in [3.05, 3.63) is 47.4 Å². The monoisotopic (exact) mass is 427 g/mol. The Bertz CT molecular complexity index is 857. The number of nitrogens with one attached hydrogen (secondary N) is 2. The van der Waals surface area contributed by atoms with Crippen LogP contribution < -0.4 is 15.5 Å². The molecular weight excluding hydrogens is 406 g/mol. The smallest absolute Gasteiger partial charge is 0.358 e. The fourth-order valence-electron chi connectivity index (χ4n) is 3.15. The van der Waals surface area contributed by atoms with Gasteiger partial charge in [-0.05, 0) is 56.1 Å². The van der Waals surface area contributed by atoms with E-state index in [0.29, 0.717) is 6.54 Å². The van der Waals surface area contributed by atoms with Gasteiger partial charge in [0.15, 0.2) is 10.8 Å². The normalized spacial score (nSPS) is 17.1. The van der Waals surface area contributed by atoms with Crippen molar-refractivity contribution in [3.8, 4) is 0 Å². The Morgan fingerprint density at radius 2 is 1.93 bits per heavy atom. The zero-order valence-electron chi connectivity index (χ0n) is 15.8. The van der Waals surface area contributed by atoms with Gasteiger partial charge in [0.05, 0.1) is 0 Å². The topological polar surface area (TPSA) is 53.1 Å². The first-order chi connectivity index (χ1) is 13.7. The first-order valence-electron chi connectivity index (χ1n) is 9.24. The number of alkyl halides is 3. The highest BCUT2D eigenvalue weighted by atomic mass is 32.1. The van der Waals surface area contributed by atoms with Crippen LogP contribution in [-0.2, 0) is 12.7 Å². The molecule has 1 aromatic heterocycles. The second-order valence-electron chi connectivity index (χ2n) is 6.91. The summed E-state index contributed by atoms with van der Waals surface area (Å²) in [5.74, 6) is -0.348. The fourth-order valence-corrected chi connectivity index (χ4v) is 3.31. The number of piperidine rings is 1. The van der Waals surface area contributed by atoms with Crippen LogP contribution >= 0.6 is 12.2 Å². The van der Waals surface area contributed by atoms with E-state index in [1.807, 2.05) is 11.8 Å². The molecule has 0 spiro atoms. The van der Waals surface area contributed by atoms with E-state index >= 15 is 0 Å². The summed E-state index contributed by atoms with van der Waals surface area (Å²) < 4.78 is 53.0. The second-order valence-corrected chi connectivity index (χ2v) is 7.31. The fraction of sp³-hybridized carbons (Fsp3) is 0.421. The quantitative estimate of drug-likeness (QED) is 0.554. The van der Waals surface area contributed by atoms with Gasteiger partial charge in [0, 0.05) is 25.2 Å². The Labute approximate surface area is 171 Å². The standard InChI is InChI=1S/C19H21F4N5S/c1-12-4-2-3-9-28(12)16-10-15(19(21,22)23)25-17(26-16)27-18(29)24-11-13-5-7-14(20)8-6-13/h5-8,10,12H,2-4,9,11H2,1H3,(H2,24,25,26,27,29)/t12-/m1/s1. The molecule has 1 fully saturated rings. The van der Waals surface area contributed by atoms with E-state index in [4.69, 9.17) is 12.2 Å². The van der Waals surface area contributed by atoms with Crippen molar-refractivity contribution in [1.29, 1.82) is 0 Å². The van der Waals surface area contributed by atoms with Crippen LogP contribution in [0.15, 0.2) is 30.3 Å². The summed E-state index contributed by atoms with van der Waals surface area (Å²) in [4.78, 5) is 9.70. The predicted molar refractivity (Wildman–Crippen MR) is 107 cm³/mol. The predicted octanol–water partition coefficient (Wildman–Crippen LogP) is 4.50. The third-order valence-corrected chi connectivity index (χ3v) is 4.94. The van der Waals surface area contributed by atoms with E-state index in [1.165, 1.54) is 12.1 Å². The molecule has 0 saturated carbocycles. The molecule has 1 aromatic carbocycles. The Balaban J connectivity index is 1.75. The van der Waals surface area contributed by atoms with Crippen molar-refractivity contribution in [3.63, 3.8) is 0 Å². The molecule has 29 heavy (non-hydrogen) atoms. The highest BCUT2D eigenvalue weighted by Gasteiger charge is 2.35. The molecule has 0 bridgehead atoms. The Kier molecular flexibility index (Phi) is 6.51. The summed E-state index contributed by atoms with van der Waals surface area (Å²) in [6.45, 7) is 2.89. The van der Waals surface area contributed by atoms with Crippen molar-refractivity contribution in [2.45, 2.75) is 44.9 Å². The summed E-state index contributed by atoms with van der Waals surface area (Å²) in [7, 11) is 0. The van der Waals surface area contributed by atoms with E-state index < -0.39 is 11.9 Å². The maximum atomic E-state index is 13.3. The van der Waals surface area contributed by atoms with E-state index in [1.54, 1.807) is 12.1 Å². The summed E-state index contributed by atoms with van der Waals surface area (Å²) >= 11 is 5.15. The molecular formula is C19H21F4N5S. The molecule has 2 aromatic rings. The number of rotatable bonds is 4. The minimum atomic E-state index is -4.60. The second kappa shape index (κ2) is 8.89. The van der Waals surface area contributed by atoms with Crippen LogP contribution in [0.3, 0.4) is 0 Å². The van der Waals surface area contributed by atoms with Crippen LogP contribution in [0.25, 0.3) is 0 Å². The zero-order valence-corrected chi connectivity index (χ0v) is 16.6. The number of hydrogen-bond donors (Lipinski definition) is 2. The lowest BCUT2D eigenvalue weighted by molar-refractivity contribution is -0.141. The molecule has 1 aliphatic rings. The van der Waals surface area contributed by atoms with Gasteiger partial charge in [0.25, 0.3) is 0 Å². The molecule has 3 rings (SSSR count). The van der Waals surface area contributed by atoms with E-state index in [0.717, 1.165) is 30.9 Å². The summed E-state index contributed by atoms with van der Waals surface area (Å²) in [5.41, 5.74) is -0.257. The van der Waals surface area contributed by atoms with Crippen LogP contribution in [0.5, 0.6) is 0 Å². The van der Waals surface area contributed by atoms with Crippen molar-refractivity contribution in [1.82, 2.24) is 15.3 Å². The number of hydrogen-bond acceptors (Lipinski definition) is 4. The van der Waals surface area contributed by atoms with Gasteiger partial charge in [-0.3, -0.25) is 0 Å². The Morgan fingerprint density at radius 1 is 1.21 bits per heavy atom. The molecule has 0 amide bonds. The average Bonchev–Trinajstić information content (AvgIpc) is 2.67. The minimum absolute atomic E-state index is 0.0753. The summed E-state index contributed by atoms with van der Waals surface area (Å²) in [6, 6.07) is 6.87. The number of thiocarbonyl (C=S) groups is 1. The molecule has 0 aliphatic carbocycles. The highest BCUT2D eigenvalue weighted by molar-refractivity contribution is 7.80. The van der Waals surface area contributed by atoms with Crippen LogP contribution in [0.2, 0.25) is 0 Å². The molecule has 1 atom stereocenters. The average molecular weight is 427 g/mol. The van der Waals surface area contributed by atoms with Crippen molar-refractivity contribution >= 4 is 29.1 Å². The number of aromatic nitrogens is 2. The lowest BCUT2D eigenvalue weighted by Gasteiger charge is -2.34. The molecule has 156 valence electrons. The maximum Gasteiger partial charge on any atom is 0.433 e. The summed E-state index contributed by atoms with van der Waals surface area (Å²) in [5, 5.41) is 5.56. The molecule has 10 heteroatoms. The Hall–Kier alpha value is -2.49. The molecule has 0 radical (unpaired) electrons. The van der Waals surface area contributed by atoms with Gasteiger partial charge in [-0.25, -0.2) is 9.37 Å². The lowest BCUT2D eigenvalue weighted by Crippen LogP contribution is -2.38. The molecule has 1 aliphatic heterocycles. The molecule has 2 heterocycles. The lowest BCUT2D eigenvalue weighted by atomic mass is 10.0. The van der Waals surface area contributed by atoms with Gasteiger partial charge in [-0.2, -0.15) is 18.2 Å². The first kappa shape index (κ1) is 21.2. The molecule has 0 unspecified atom stereocenters. The molecule has 1 saturated heterocycles. The van der Waals surface area contributed by atoms with Crippen molar-refractivity contribution in [2.24, 2.45) is 0 Å². The van der Waals surface area contributed by atoms with Crippen molar-refractivity contribution < 1.29 is 17.6 Å². The largest absolute Gasteiger partial charge is 0.433 e. The van der Waals surface area contributed by atoms with Crippen LogP contribution in [0.4, 0.5) is 29.3 Å². The third-order valence-electron chi connectivity index (χ3n) is 4.69. The van der Waals surface area contributed by atoms with Gasteiger partial charge >= 0.3 is 6.18 Å². The number of halogens is 4. The van der Waals surface area contributed by atoms with E-state index in [9.17, 15) is 17.6 Å². The number of benzene rings is 1. The van der Waals surface area contributed by atoms with Crippen LogP contribution in [-0.4, -0.2) is 27.7 Å². The van der Waals surface area contributed by atoms with Gasteiger partial charge in [0.1, 0.15) is 11.6 Å². The maximum absolute atomic E-state index is 13.3. The minimum Gasteiger partial charge on any atom is -0.358 e. The van der Waals surface area contributed by atoms with Crippen molar-refractivity contribution in [2.75, 3.05) is 16.8 Å². The van der Waals surface area contributed by atoms with Crippen LogP contribution in [0.1, 0.15) is 37.4 Å². The van der Waals surface area contributed by atoms with Gasteiger partial charge in [-0.1, -0.05) is 12.1 Å². The zero-order chi connectivity index (χ0) is 21.0. The highest BCUT2D eigenvalue weighted by Crippen LogP contribution is 2.32. The SMILES string of the molecule is C[C@@H]1CCCCN1c1cc(C(F)(F)F)nc(NC(=S)NCc2ccc(F)cc2)n1. The van der Waals surface area contributed by atoms with Crippen LogP contribution in [0, 0.1) is 5.82 Å². The third kappa shape index (κ3) is 5.75. The van der Waals surface area contributed by atoms with Gasteiger partial charge < -0.3 is 15.5 Å². The molecule has 5 nitrogen and oxygen atoms in total. The number of anilines is 2. The van der Waals surface area contributed by atoms with Gasteiger partial charge in [0.2, 0.25) is 5.95 Å². The Morgan fingerprint density at radius 3 is 2.59 bits per heavy atom. The number of nitrogens with zero attached hydrogens (tertiary/aromatic N) is 3. The van der Waals surface area contributed by atoms with Gasteiger partial charge in [-0.15, -0.1) is 0 Å². The first-order valence-corrected chi connectivity index (χ1v) is 9.65.